The van der Waals surface area contributed by atoms with Crippen molar-refractivity contribution >= 4 is 34.1 Å². The maximum absolute atomic E-state index is 10.1. The predicted octanol–water partition coefficient (Wildman–Crippen LogP) is 6.41. The topological polar surface area (TPSA) is 47.6 Å². The van der Waals surface area contributed by atoms with Crippen molar-refractivity contribution in [3.63, 3.8) is 0 Å². The number of pyridine rings is 1. The lowest BCUT2D eigenvalue weighted by atomic mass is 9.96. The van der Waals surface area contributed by atoms with E-state index >= 15 is 0 Å². The van der Waals surface area contributed by atoms with Crippen LogP contribution in [0.1, 0.15) is 40.3 Å². The number of rotatable bonds is 4. The molecule has 3 heterocycles. The third-order valence-electron chi connectivity index (χ3n) is 8.19. The molecule has 1 atom stereocenters. The van der Waals surface area contributed by atoms with Crippen LogP contribution in [0.25, 0.3) is 16.7 Å². The monoisotopic (exact) mass is 517 g/mol. The van der Waals surface area contributed by atoms with Gasteiger partial charge in [0.15, 0.2) is 5.65 Å². The molecular formula is C32H28ClN5. The largest absolute Gasteiger partial charge is 0.355 e. The molecule has 0 unspecified atom stereocenters. The van der Waals surface area contributed by atoms with Gasteiger partial charge in [-0.25, -0.2) is 4.98 Å². The minimum absolute atomic E-state index is 0.104. The first kappa shape index (κ1) is 23.3. The van der Waals surface area contributed by atoms with Crippen molar-refractivity contribution < 1.29 is 0 Å². The molecule has 2 aromatic heterocycles. The van der Waals surface area contributed by atoms with Gasteiger partial charge in [0.05, 0.1) is 22.6 Å². The highest BCUT2D eigenvalue weighted by molar-refractivity contribution is 6.31. The minimum Gasteiger partial charge on any atom is -0.355 e. The second-order valence-electron chi connectivity index (χ2n) is 10.2. The minimum atomic E-state index is 0.104. The SMILES string of the molecule is N#Cc1c2c(c(N3CCN([C@H](c4ccccc4)c4ccccc4Cl)CC3)n3c1nc1ccccc13)CCC2. The number of benzene rings is 3. The third kappa shape index (κ3) is 3.67. The van der Waals surface area contributed by atoms with Gasteiger partial charge in [-0.1, -0.05) is 72.3 Å². The van der Waals surface area contributed by atoms with Crippen LogP contribution in [-0.4, -0.2) is 40.5 Å². The molecule has 1 aliphatic heterocycles. The number of fused-ring (bicyclic) bond motifs is 4. The summed E-state index contributed by atoms with van der Waals surface area (Å²) in [6.07, 6.45) is 3.05. The lowest BCUT2D eigenvalue weighted by molar-refractivity contribution is 0.212. The highest BCUT2D eigenvalue weighted by Gasteiger charge is 2.32. The smallest absolute Gasteiger partial charge is 0.157 e. The van der Waals surface area contributed by atoms with E-state index in [-0.39, 0.29) is 6.04 Å². The van der Waals surface area contributed by atoms with Crippen molar-refractivity contribution in [3.8, 4) is 6.07 Å². The summed E-state index contributed by atoms with van der Waals surface area (Å²) in [7, 11) is 0. The van der Waals surface area contributed by atoms with Gasteiger partial charge in [0.25, 0.3) is 0 Å². The van der Waals surface area contributed by atoms with Gasteiger partial charge in [-0.2, -0.15) is 5.26 Å². The first-order valence-electron chi connectivity index (χ1n) is 13.4. The number of halogens is 1. The third-order valence-corrected chi connectivity index (χ3v) is 8.54. The number of nitriles is 1. The molecule has 38 heavy (non-hydrogen) atoms. The summed E-state index contributed by atoms with van der Waals surface area (Å²) in [6, 6.07) is 29.8. The Morgan fingerprint density at radius 1 is 0.816 bits per heavy atom. The van der Waals surface area contributed by atoms with E-state index in [1.807, 2.05) is 24.3 Å². The van der Waals surface area contributed by atoms with Crippen molar-refractivity contribution in [2.75, 3.05) is 31.1 Å². The molecule has 0 saturated carbocycles. The second kappa shape index (κ2) is 9.47. The number of imidazole rings is 1. The van der Waals surface area contributed by atoms with E-state index < -0.39 is 0 Å². The number of piperazine rings is 1. The van der Waals surface area contributed by atoms with Gasteiger partial charge in [-0.15, -0.1) is 0 Å². The normalized spacial score (nSPS) is 16.6. The summed E-state index contributed by atoms with van der Waals surface area (Å²) in [6.45, 7) is 3.61. The van der Waals surface area contributed by atoms with Gasteiger partial charge in [-0.3, -0.25) is 9.30 Å². The fourth-order valence-corrected chi connectivity index (χ4v) is 6.74. The molecule has 0 spiro atoms. The fourth-order valence-electron chi connectivity index (χ4n) is 6.51. The zero-order chi connectivity index (χ0) is 25.6. The van der Waals surface area contributed by atoms with Gasteiger partial charge in [0.2, 0.25) is 0 Å². The number of aromatic nitrogens is 2. The van der Waals surface area contributed by atoms with Crippen molar-refractivity contribution in [3.05, 3.63) is 112 Å². The van der Waals surface area contributed by atoms with Crippen LogP contribution in [0.5, 0.6) is 0 Å². The summed E-state index contributed by atoms with van der Waals surface area (Å²) < 4.78 is 2.26. The van der Waals surface area contributed by atoms with E-state index in [4.69, 9.17) is 16.6 Å². The number of para-hydroxylation sites is 2. The second-order valence-corrected chi connectivity index (χ2v) is 10.6. The molecule has 188 valence electrons. The number of anilines is 1. The molecule has 7 rings (SSSR count). The van der Waals surface area contributed by atoms with Gasteiger partial charge < -0.3 is 4.90 Å². The van der Waals surface area contributed by atoms with Crippen LogP contribution in [0, 0.1) is 11.3 Å². The summed E-state index contributed by atoms with van der Waals surface area (Å²) >= 11 is 6.74. The van der Waals surface area contributed by atoms with Crippen LogP contribution in [0.3, 0.4) is 0 Å². The summed E-state index contributed by atoms with van der Waals surface area (Å²) in [5.41, 5.74) is 8.50. The van der Waals surface area contributed by atoms with E-state index in [0.29, 0.717) is 0 Å². The number of hydrogen-bond donors (Lipinski definition) is 0. The average molecular weight is 518 g/mol. The van der Waals surface area contributed by atoms with Gasteiger partial charge in [0.1, 0.15) is 11.9 Å². The van der Waals surface area contributed by atoms with E-state index in [1.165, 1.54) is 22.5 Å². The van der Waals surface area contributed by atoms with Crippen LogP contribution in [0.15, 0.2) is 78.9 Å². The highest BCUT2D eigenvalue weighted by atomic mass is 35.5. The fraction of sp³-hybridized carbons (Fsp3) is 0.250. The molecule has 5 aromatic rings. The quantitative estimate of drug-likeness (QED) is 0.276. The van der Waals surface area contributed by atoms with E-state index in [0.717, 1.165) is 78.3 Å². The molecule has 0 radical (unpaired) electrons. The Morgan fingerprint density at radius 2 is 1.53 bits per heavy atom. The van der Waals surface area contributed by atoms with E-state index in [1.54, 1.807) is 0 Å². The molecule has 1 saturated heterocycles. The number of hydrogen-bond acceptors (Lipinski definition) is 4. The van der Waals surface area contributed by atoms with Gasteiger partial charge >= 0.3 is 0 Å². The van der Waals surface area contributed by atoms with Crippen molar-refractivity contribution in [2.24, 2.45) is 0 Å². The van der Waals surface area contributed by atoms with Crippen LogP contribution in [0.4, 0.5) is 5.82 Å². The Kier molecular flexibility index (Phi) is 5.80. The maximum atomic E-state index is 10.1. The van der Waals surface area contributed by atoms with Crippen LogP contribution in [0.2, 0.25) is 5.02 Å². The molecule has 2 aliphatic rings. The summed E-state index contributed by atoms with van der Waals surface area (Å²) in [5.74, 6) is 1.23. The molecule has 0 amide bonds. The van der Waals surface area contributed by atoms with E-state index in [9.17, 15) is 5.26 Å². The lowest BCUT2D eigenvalue weighted by Gasteiger charge is -2.41. The maximum Gasteiger partial charge on any atom is 0.157 e. The molecule has 1 aliphatic carbocycles. The first-order chi connectivity index (χ1) is 18.7. The molecule has 0 N–H and O–H groups in total. The van der Waals surface area contributed by atoms with Crippen molar-refractivity contribution in [2.45, 2.75) is 25.3 Å². The first-order valence-corrected chi connectivity index (χ1v) is 13.8. The summed E-state index contributed by atoms with van der Waals surface area (Å²) in [5, 5.41) is 10.9. The van der Waals surface area contributed by atoms with E-state index in [2.05, 4.69) is 74.9 Å². The number of nitrogens with zero attached hydrogens (tertiary/aromatic N) is 5. The molecule has 1 fully saturated rings. The molecule has 6 heteroatoms. The van der Waals surface area contributed by atoms with Crippen LogP contribution >= 0.6 is 11.6 Å². The standard InChI is InChI=1S/C32H28ClN5/c33-27-14-5-4-11-25(27)30(22-9-2-1-3-10-22)36-17-19-37(20-18-36)32-24-13-8-12-23(24)26(21-34)31-35-28-15-6-7-16-29(28)38(31)32/h1-7,9-11,14-16,30H,8,12-13,17-20H2/t30-/m1/s1. The Morgan fingerprint density at radius 3 is 2.32 bits per heavy atom. The zero-order valence-electron chi connectivity index (χ0n) is 21.1. The molecule has 0 bridgehead atoms. The lowest BCUT2D eigenvalue weighted by Crippen LogP contribution is -2.48. The Labute approximate surface area is 227 Å². The molecular weight excluding hydrogens is 490 g/mol. The van der Waals surface area contributed by atoms with Crippen molar-refractivity contribution in [1.82, 2.24) is 14.3 Å². The average Bonchev–Trinajstić information content (AvgIpc) is 3.59. The van der Waals surface area contributed by atoms with Gasteiger partial charge in [-0.05, 0) is 59.7 Å². The Hall–Kier alpha value is -3.85. The predicted molar refractivity (Wildman–Crippen MR) is 153 cm³/mol. The zero-order valence-corrected chi connectivity index (χ0v) is 21.9. The Bertz CT molecular complexity index is 1690. The molecule has 5 nitrogen and oxygen atoms in total. The van der Waals surface area contributed by atoms with Crippen LogP contribution < -0.4 is 4.90 Å². The Balaban J connectivity index is 1.30. The van der Waals surface area contributed by atoms with Crippen LogP contribution in [-0.2, 0) is 12.8 Å². The molecule has 3 aromatic carbocycles. The van der Waals surface area contributed by atoms with Gasteiger partial charge in [0, 0.05) is 31.2 Å². The van der Waals surface area contributed by atoms with Crippen molar-refractivity contribution in [1.29, 1.82) is 5.26 Å². The summed E-state index contributed by atoms with van der Waals surface area (Å²) in [4.78, 5) is 10.0. The highest BCUT2D eigenvalue weighted by Crippen LogP contribution is 2.40.